The summed E-state index contributed by atoms with van der Waals surface area (Å²) in [5.41, 5.74) is 2.04. The number of para-hydroxylation sites is 1. The minimum atomic E-state index is 0.348. The number of benzene rings is 2. The highest BCUT2D eigenvalue weighted by Crippen LogP contribution is 2.22. The average molecular weight is 364 g/mol. The molecule has 1 aliphatic rings. The van der Waals surface area contributed by atoms with Crippen LogP contribution in [0.25, 0.3) is 5.69 Å². The number of ether oxygens (including phenoxy) is 1. The Bertz CT molecular complexity index is 844. The highest BCUT2D eigenvalue weighted by Gasteiger charge is 2.13. The van der Waals surface area contributed by atoms with Gasteiger partial charge in [0.2, 0.25) is 0 Å². The van der Waals surface area contributed by atoms with Gasteiger partial charge >= 0.3 is 6.01 Å². The van der Waals surface area contributed by atoms with E-state index in [0.717, 1.165) is 43.5 Å². The first kappa shape index (κ1) is 17.6. The van der Waals surface area contributed by atoms with E-state index in [4.69, 9.17) is 4.74 Å². The quantitative estimate of drug-likeness (QED) is 0.671. The third kappa shape index (κ3) is 4.69. The fraction of sp³-hybridized carbons (Fsp3) is 0.350. The van der Waals surface area contributed by atoms with Gasteiger partial charge in [-0.15, -0.1) is 0 Å². The number of hydrogen-bond acceptors (Lipinski definition) is 6. The van der Waals surface area contributed by atoms with Gasteiger partial charge in [0.25, 0.3) is 0 Å². The summed E-state index contributed by atoms with van der Waals surface area (Å²) in [5, 5.41) is 18.7. The summed E-state index contributed by atoms with van der Waals surface area (Å²) in [7, 11) is 0. The Balaban J connectivity index is 1.38. The number of nitrogens with zero attached hydrogens (tertiary/aromatic N) is 4. The lowest BCUT2D eigenvalue weighted by Crippen LogP contribution is -2.33. The zero-order chi connectivity index (χ0) is 18.3. The molecule has 1 aliphatic heterocycles. The fourth-order valence-electron chi connectivity index (χ4n) is 3.30. The molecule has 1 saturated heterocycles. The van der Waals surface area contributed by atoms with Crippen LogP contribution >= 0.6 is 0 Å². The van der Waals surface area contributed by atoms with Crippen LogP contribution in [0.15, 0.2) is 54.6 Å². The van der Waals surface area contributed by atoms with Gasteiger partial charge in [-0.1, -0.05) is 35.4 Å². The molecule has 2 heterocycles. The predicted molar refractivity (Wildman–Crippen MR) is 103 cm³/mol. The summed E-state index contributed by atoms with van der Waals surface area (Å²) in [4.78, 5) is 0. The van der Waals surface area contributed by atoms with Crippen LogP contribution in [0.5, 0.6) is 11.8 Å². The summed E-state index contributed by atoms with van der Waals surface area (Å²) < 4.78 is 7.52. The van der Waals surface area contributed by atoms with Crippen LogP contribution in [0.1, 0.15) is 18.4 Å². The highest BCUT2D eigenvalue weighted by atomic mass is 16.5. The molecule has 3 aromatic rings. The molecular weight excluding hydrogens is 340 g/mol. The van der Waals surface area contributed by atoms with Crippen LogP contribution in [-0.2, 0) is 6.54 Å². The summed E-state index contributed by atoms with van der Waals surface area (Å²) >= 11 is 0. The first-order valence-corrected chi connectivity index (χ1v) is 9.40. The molecule has 0 unspecified atom stereocenters. The first-order valence-electron chi connectivity index (χ1n) is 9.40. The Morgan fingerprint density at radius 2 is 1.93 bits per heavy atom. The zero-order valence-electron chi connectivity index (χ0n) is 15.2. The van der Waals surface area contributed by atoms with Gasteiger partial charge in [0.05, 0.1) is 5.69 Å². The van der Waals surface area contributed by atoms with E-state index < -0.39 is 0 Å². The predicted octanol–water partition coefficient (Wildman–Crippen LogP) is 2.54. The van der Waals surface area contributed by atoms with Crippen molar-refractivity contribution >= 4 is 0 Å². The second-order valence-corrected chi connectivity index (χ2v) is 6.78. The number of piperidine rings is 1. The first-order chi connectivity index (χ1) is 13.4. The van der Waals surface area contributed by atoms with Gasteiger partial charge in [0.15, 0.2) is 0 Å². The smallest absolute Gasteiger partial charge is 0.345 e. The number of aromatic nitrogens is 4. The van der Waals surface area contributed by atoms with E-state index in [9.17, 15) is 0 Å². The van der Waals surface area contributed by atoms with E-state index in [-0.39, 0.29) is 0 Å². The van der Waals surface area contributed by atoms with Crippen molar-refractivity contribution in [1.29, 1.82) is 0 Å². The van der Waals surface area contributed by atoms with Crippen molar-refractivity contribution in [2.24, 2.45) is 5.92 Å². The molecule has 0 radical (unpaired) electrons. The molecule has 7 heteroatoms. The lowest BCUT2D eigenvalue weighted by Gasteiger charge is -2.22. The topological polar surface area (TPSA) is 76.9 Å². The van der Waals surface area contributed by atoms with Crippen molar-refractivity contribution < 1.29 is 4.74 Å². The second kappa shape index (κ2) is 8.75. The maximum atomic E-state index is 5.93. The minimum Gasteiger partial charge on any atom is -0.423 e. The molecule has 27 heavy (non-hydrogen) atoms. The SMILES string of the molecule is c1ccc(-n2nnnc2Oc2cccc(CNCC3CCNCC3)c2)cc1. The van der Waals surface area contributed by atoms with E-state index in [1.807, 2.05) is 48.5 Å². The highest BCUT2D eigenvalue weighted by molar-refractivity contribution is 5.34. The lowest BCUT2D eigenvalue weighted by atomic mass is 9.98. The largest absolute Gasteiger partial charge is 0.423 e. The third-order valence-corrected chi connectivity index (χ3v) is 4.77. The fourth-order valence-corrected chi connectivity index (χ4v) is 3.30. The summed E-state index contributed by atoms with van der Waals surface area (Å²) in [5.74, 6) is 1.49. The van der Waals surface area contributed by atoms with Gasteiger partial charge in [-0.2, -0.15) is 4.68 Å². The Kier molecular flexibility index (Phi) is 5.71. The van der Waals surface area contributed by atoms with Crippen molar-refractivity contribution in [3.63, 3.8) is 0 Å². The van der Waals surface area contributed by atoms with E-state index in [2.05, 4.69) is 32.2 Å². The molecular formula is C20H24N6O. The molecule has 4 rings (SSSR count). The van der Waals surface area contributed by atoms with Crippen LogP contribution in [0.4, 0.5) is 0 Å². The summed E-state index contributed by atoms with van der Waals surface area (Å²) in [6.07, 6.45) is 2.50. The van der Waals surface area contributed by atoms with E-state index in [1.165, 1.54) is 18.4 Å². The monoisotopic (exact) mass is 364 g/mol. The molecule has 7 nitrogen and oxygen atoms in total. The van der Waals surface area contributed by atoms with Crippen LogP contribution in [0.2, 0.25) is 0 Å². The Morgan fingerprint density at radius 1 is 1.07 bits per heavy atom. The molecule has 140 valence electrons. The standard InChI is InChI=1S/C20H24N6O/c1-2-6-18(7-3-1)26-20(23-24-25-26)27-19-8-4-5-17(13-19)15-22-14-16-9-11-21-12-10-16/h1-8,13,16,21-22H,9-12,14-15H2. The molecule has 0 saturated carbocycles. The third-order valence-electron chi connectivity index (χ3n) is 4.77. The Hall–Kier alpha value is -2.77. The maximum absolute atomic E-state index is 5.93. The van der Waals surface area contributed by atoms with Gasteiger partial charge in [-0.25, -0.2) is 0 Å². The number of nitrogens with one attached hydrogen (secondary N) is 2. The van der Waals surface area contributed by atoms with Crippen LogP contribution in [-0.4, -0.2) is 39.8 Å². The zero-order valence-corrected chi connectivity index (χ0v) is 15.2. The maximum Gasteiger partial charge on any atom is 0.345 e. The van der Waals surface area contributed by atoms with E-state index >= 15 is 0 Å². The van der Waals surface area contributed by atoms with Crippen molar-refractivity contribution in [3.05, 3.63) is 60.2 Å². The van der Waals surface area contributed by atoms with E-state index in [1.54, 1.807) is 4.68 Å². The van der Waals surface area contributed by atoms with Crippen molar-refractivity contribution in [1.82, 2.24) is 30.8 Å². The number of rotatable bonds is 7. The number of tetrazole rings is 1. The molecule has 1 aromatic heterocycles. The van der Waals surface area contributed by atoms with Crippen molar-refractivity contribution in [2.75, 3.05) is 19.6 Å². The van der Waals surface area contributed by atoms with E-state index in [0.29, 0.717) is 6.01 Å². The minimum absolute atomic E-state index is 0.348. The van der Waals surface area contributed by atoms with Crippen LogP contribution in [0, 0.1) is 5.92 Å². The van der Waals surface area contributed by atoms with Gasteiger partial charge in [0, 0.05) is 6.54 Å². The lowest BCUT2D eigenvalue weighted by molar-refractivity contribution is 0.356. The Morgan fingerprint density at radius 3 is 2.78 bits per heavy atom. The number of hydrogen-bond donors (Lipinski definition) is 2. The van der Waals surface area contributed by atoms with Crippen molar-refractivity contribution in [3.8, 4) is 17.4 Å². The molecule has 2 N–H and O–H groups in total. The van der Waals surface area contributed by atoms with Gasteiger partial charge in [0.1, 0.15) is 5.75 Å². The van der Waals surface area contributed by atoms with Crippen LogP contribution in [0.3, 0.4) is 0 Å². The normalized spacial score (nSPS) is 15.0. The van der Waals surface area contributed by atoms with Gasteiger partial charge < -0.3 is 15.4 Å². The van der Waals surface area contributed by atoms with Crippen LogP contribution < -0.4 is 15.4 Å². The Labute approximate surface area is 158 Å². The molecule has 0 amide bonds. The summed E-state index contributed by atoms with van der Waals surface area (Å²) in [6.45, 7) is 4.14. The molecule has 2 aromatic carbocycles. The average Bonchev–Trinajstić information content (AvgIpc) is 3.18. The molecule has 0 bridgehead atoms. The second-order valence-electron chi connectivity index (χ2n) is 6.78. The molecule has 1 fully saturated rings. The van der Waals surface area contributed by atoms with Gasteiger partial charge in [-0.05, 0) is 78.6 Å². The molecule has 0 spiro atoms. The summed E-state index contributed by atoms with van der Waals surface area (Å²) in [6, 6.07) is 18.1. The molecule has 0 aliphatic carbocycles. The molecule has 0 atom stereocenters. The van der Waals surface area contributed by atoms with Crippen molar-refractivity contribution in [2.45, 2.75) is 19.4 Å². The van der Waals surface area contributed by atoms with Gasteiger partial charge in [-0.3, -0.25) is 0 Å².